The molecule has 164 valence electrons. The quantitative estimate of drug-likeness (QED) is 0.476. The highest BCUT2D eigenvalue weighted by atomic mass is 19.4. The molecule has 0 radical (unpaired) electrons. The van der Waals surface area contributed by atoms with Gasteiger partial charge in [-0.2, -0.15) is 13.2 Å². The maximum atomic E-state index is 13.2. The van der Waals surface area contributed by atoms with Crippen molar-refractivity contribution >= 4 is 23.3 Å². The highest BCUT2D eigenvalue weighted by molar-refractivity contribution is 5.97. The van der Waals surface area contributed by atoms with Gasteiger partial charge in [0.1, 0.15) is 0 Å². The number of carbonyl (C=O) groups excluding carboxylic acids is 2. The van der Waals surface area contributed by atoms with E-state index in [1.807, 2.05) is 26.0 Å². The van der Waals surface area contributed by atoms with Crippen LogP contribution in [0, 0.1) is 6.92 Å². The predicted octanol–water partition coefficient (Wildman–Crippen LogP) is 5.37. The minimum atomic E-state index is -4.50. The van der Waals surface area contributed by atoms with Gasteiger partial charge in [0.2, 0.25) is 5.91 Å². The molecule has 1 atom stereocenters. The molecule has 0 spiro atoms. The molecule has 0 fully saturated rings. The first kappa shape index (κ1) is 23.5. The Labute approximate surface area is 174 Å². The summed E-state index contributed by atoms with van der Waals surface area (Å²) in [5.74, 6) is -0.649. The average Bonchev–Trinajstić information content (AvgIpc) is 2.80. The van der Waals surface area contributed by atoms with Crippen molar-refractivity contribution in [3.05, 3.63) is 46.6 Å². The third kappa shape index (κ3) is 6.11. The fourth-order valence-corrected chi connectivity index (χ4v) is 3.34. The Morgan fingerprint density at radius 1 is 1.27 bits per heavy atom. The van der Waals surface area contributed by atoms with E-state index in [1.54, 1.807) is 6.92 Å². The Morgan fingerprint density at radius 3 is 2.57 bits per heavy atom. The van der Waals surface area contributed by atoms with E-state index in [9.17, 15) is 22.8 Å². The Hall–Kier alpha value is -2.77. The van der Waals surface area contributed by atoms with Crippen LogP contribution in [0.25, 0.3) is 0 Å². The van der Waals surface area contributed by atoms with Crippen LogP contribution in [0.1, 0.15) is 51.2 Å². The third-order valence-electron chi connectivity index (χ3n) is 4.84. The number of rotatable bonds is 6. The van der Waals surface area contributed by atoms with Crippen molar-refractivity contribution in [2.24, 2.45) is 0 Å². The van der Waals surface area contributed by atoms with Gasteiger partial charge in [-0.15, -0.1) is 0 Å². The SMILES string of the molecule is C/C=C(\C=C(/C)CCC(=O)OCC)C1CC(=O)Nc2cc(C(F)(F)F)c(C)cc2N1. The maximum Gasteiger partial charge on any atom is 0.416 e. The lowest BCUT2D eigenvalue weighted by molar-refractivity contribution is -0.143. The molecule has 5 nitrogen and oxygen atoms in total. The van der Waals surface area contributed by atoms with Crippen LogP contribution in [0.4, 0.5) is 24.5 Å². The van der Waals surface area contributed by atoms with E-state index in [-0.39, 0.29) is 36.0 Å². The van der Waals surface area contributed by atoms with Crippen molar-refractivity contribution in [3.63, 3.8) is 0 Å². The lowest BCUT2D eigenvalue weighted by atomic mass is 9.99. The number of carbonyl (C=O) groups is 2. The second-order valence-corrected chi connectivity index (χ2v) is 7.24. The van der Waals surface area contributed by atoms with E-state index in [1.165, 1.54) is 13.0 Å². The molecule has 1 aliphatic rings. The summed E-state index contributed by atoms with van der Waals surface area (Å²) < 4.78 is 44.6. The number of halogens is 3. The van der Waals surface area contributed by atoms with Crippen molar-refractivity contribution in [2.45, 2.75) is 59.2 Å². The minimum Gasteiger partial charge on any atom is -0.466 e. The summed E-state index contributed by atoms with van der Waals surface area (Å²) in [6.45, 7) is 7.18. The molecule has 1 aromatic carbocycles. The second-order valence-electron chi connectivity index (χ2n) is 7.24. The number of allylic oxidation sites excluding steroid dienone is 2. The van der Waals surface area contributed by atoms with E-state index >= 15 is 0 Å². The molecular formula is C22H27F3N2O3. The Bertz CT molecular complexity index is 873. The standard InChI is InChI=1S/C22H27F3N2O3/c1-5-15(9-13(3)7-8-21(29)30-6-2)17-12-20(28)27-19-11-16(22(23,24)25)14(4)10-18(19)26-17/h5,9-11,17,26H,6-8,12H2,1-4H3,(H,27,28)/b13-9+,15-5+. The first-order valence-corrected chi connectivity index (χ1v) is 9.82. The first-order valence-electron chi connectivity index (χ1n) is 9.82. The number of fused-ring (bicyclic) bond motifs is 1. The molecule has 30 heavy (non-hydrogen) atoms. The van der Waals surface area contributed by atoms with Crippen LogP contribution in [0.2, 0.25) is 0 Å². The van der Waals surface area contributed by atoms with Crippen molar-refractivity contribution in [1.29, 1.82) is 0 Å². The van der Waals surface area contributed by atoms with Crippen LogP contribution in [-0.4, -0.2) is 24.5 Å². The topological polar surface area (TPSA) is 67.4 Å². The molecule has 2 rings (SSSR count). The summed E-state index contributed by atoms with van der Waals surface area (Å²) in [5, 5.41) is 5.76. The van der Waals surface area contributed by atoms with E-state index < -0.39 is 17.8 Å². The largest absolute Gasteiger partial charge is 0.466 e. The molecule has 0 aromatic heterocycles. The number of ether oxygens (including phenoxy) is 1. The summed E-state index contributed by atoms with van der Waals surface area (Å²) >= 11 is 0. The smallest absolute Gasteiger partial charge is 0.416 e. The molecule has 1 amide bonds. The van der Waals surface area contributed by atoms with Crippen molar-refractivity contribution in [3.8, 4) is 0 Å². The predicted molar refractivity (Wildman–Crippen MR) is 110 cm³/mol. The minimum absolute atomic E-state index is 0.0659. The molecule has 1 unspecified atom stereocenters. The van der Waals surface area contributed by atoms with Crippen LogP contribution < -0.4 is 10.6 Å². The van der Waals surface area contributed by atoms with E-state index in [2.05, 4.69) is 10.6 Å². The summed E-state index contributed by atoms with van der Waals surface area (Å²) in [6.07, 6.45) is 0.0831. The normalized spacial score (nSPS) is 17.6. The Kier molecular flexibility index (Phi) is 7.70. The number of alkyl halides is 3. The van der Waals surface area contributed by atoms with Crippen LogP contribution >= 0.6 is 0 Å². The van der Waals surface area contributed by atoms with E-state index in [4.69, 9.17) is 4.74 Å². The van der Waals surface area contributed by atoms with Gasteiger partial charge in [-0.05, 0) is 57.4 Å². The lowest BCUT2D eigenvalue weighted by Crippen LogP contribution is -2.24. The number of aryl methyl sites for hydroxylation is 1. The van der Waals surface area contributed by atoms with Gasteiger partial charge in [-0.1, -0.05) is 17.7 Å². The number of benzene rings is 1. The highest BCUT2D eigenvalue weighted by Crippen LogP contribution is 2.38. The van der Waals surface area contributed by atoms with Crippen molar-refractivity contribution < 1.29 is 27.5 Å². The molecule has 1 heterocycles. The zero-order chi connectivity index (χ0) is 22.5. The number of hydrogen-bond acceptors (Lipinski definition) is 4. The molecule has 0 saturated carbocycles. The van der Waals surface area contributed by atoms with Crippen LogP contribution in [0.3, 0.4) is 0 Å². The third-order valence-corrected chi connectivity index (χ3v) is 4.84. The van der Waals surface area contributed by atoms with Crippen LogP contribution in [0.5, 0.6) is 0 Å². The number of amides is 1. The van der Waals surface area contributed by atoms with Crippen molar-refractivity contribution in [1.82, 2.24) is 0 Å². The zero-order valence-corrected chi connectivity index (χ0v) is 17.6. The van der Waals surface area contributed by atoms with Crippen LogP contribution in [-0.2, 0) is 20.5 Å². The number of anilines is 2. The molecule has 1 aliphatic heterocycles. The molecule has 2 N–H and O–H groups in total. The lowest BCUT2D eigenvalue weighted by Gasteiger charge is -2.20. The molecule has 0 bridgehead atoms. The molecular weight excluding hydrogens is 397 g/mol. The summed E-state index contributed by atoms with van der Waals surface area (Å²) in [4.78, 5) is 23.9. The summed E-state index contributed by atoms with van der Waals surface area (Å²) in [6, 6.07) is 1.96. The Morgan fingerprint density at radius 2 is 1.97 bits per heavy atom. The average molecular weight is 424 g/mol. The van der Waals surface area contributed by atoms with E-state index in [0.29, 0.717) is 18.7 Å². The summed E-state index contributed by atoms with van der Waals surface area (Å²) in [7, 11) is 0. The Balaban J connectivity index is 2.26. The van der Waals surface area contributed by atoms with Crippen molar-refractivity contribution in [2.75, 3.05) is 17.2 Å². The number of esters is 1. The second kappa shape index (κ2) is 9.82. The highest BCUT2D eigenvalue weighted by Gasteiger charge is 2.34. The monoisotopic (exact) mass is 424 g/mol. The van der Waals surface area contributed by atoms with Gasteiger partial charge in [0.05, 0.1) is 36.0 Å². The zero-order valence-electron chi connectivity index (χ0n) is 17.6. The van der Waals surface area contributed by atoms with Gasteiger partial charge in [0, 0.05) is 6.42 Å². The molecule has 0 saturated heterocycles. The summed E-state index contributed by atoms with van der Waals surface area (Å²) in [5.41, 5.74) is 1.60. The molecule has 0 aliphatic carbocycles. The first-order chi connectivity index (χ1) is 14.0. The van der Waals surface area contributed by atoms with Gasteiger partial charge < -0.3 is 15.4 Å². The molecule has 8 heteroatoms. The fourth-order valence-electron chi connectivity index (χ4n) is 3.34. The van der Waals surface area contributed by atoms with Gasteiger partial charge in [0.25, 0.3) is 0 Å². The molecule has 1 aromatic rings. The number of nitrogens with one attached hydrogen (secondary N) is 2. The van der Waals surface area contributed by atoms with Crippen LogP contribution in [0.15, 0.2) is 35.4 Å². The van der Waals surface area contributed by atoms with Gasteiger partial charge in [0.15, 0.2) is 0 Å². The van der Waals surface area contributed by atoms with Gasteiger partial charge in [-0.25, -0.2) is 0 Å². The van der Waals surface area contributed by atoms with Gasteiger partial charge >= 0.3 is 12.1 Å². The van der Waals surface area contributed by atoms with Gasteiger partial charge in [-0.3, -0.25) is 9.59 Å². The number of hydrogen-bond donors (Lipinski definition) is 2. The van der Waals surface area contributed by atoms with E-state index in [0.717, 1.165) is 17.2 Å². The fraction of sp³-hybridized carbons (Fsp3) is 0.455. The maximum absolute atomic E-state index is 13.2.